The number of aromatic nitrogens is 2. The van der Waals surface area contributed by atoms with Crippen LogP contribution in [-0.2, 0) is 16.0 Å². The van der Waals surface area contributed by atoms with Gasteiger partial charge in [-0.3, -0.25) is 19.6 Å². The zero-order chi connectivity index (χ0) is 25.7. The maximum Gasteiger partial charge on any atom is 0.320 e. The van der Waals surface area contributed by atoms with E-state index in [1.807, 2.05) is 0 Å². The summed E-state index contributed by atoms with van der Waals surface area (Å²) >= 11 is 6.00. The van der Waals surface area contributed by atoms with E-state index in [0.29, 0.717) is 34.7 Å². The molecule has 1 aromatic heterocycles. The van der Waals surface area contributed by atoms with Crippen molar-refractivity contribution in [2.24, 2.45) is 5.73 Å². The van der Waals surface area contributed by atoms with E-state index in [2.05, 4.69) is 26.1 Å². The molecule has 9 nitrogen and oxygen atoms in total. The van der Waals surface area contributed by atoms with E-state index in [0.717, 1.165) is 5.56 Å². The average Bonchev–Trinajstić information content (AvgIpc) is 3.37. The zero-order valence-corrected chi connectivity index (χ0v) is 20.0. The highest BCUT2D eigenvalue weighted by molar-refractivity contribution is 6.30. The number of rotatable bonds is 9. The zero-order valence-electron chi connectivity index (χ0n) is 19.2. The number of hydrogen-bond acceptors (Lipinski definition) is 7. The summed E-state index contributed by atoms with van der Waals surface area (Å²) in [7, 11) is 0. The summed E-state index contributed by atoms with van der Waals surface area (Å²) in [6, 6.07) is 9.07. The summed E-state index contributed by atoms with van der Waals surface area (Å²) in [6.07, 6.45) is 5.62. The highest BCUT2D eigenvalue weighted by Crippen LogP contribution is 2.27. The first kappa shape index (κ1) is 25.6. The molecule has 2 unspecified atom stereocenters. The molecule has 1 aliphatic heterocycles. The summed E-state index contributed by atoms with van der Waals surface area (Å²) in [5, 5.41) is 12.7. The highest BCUT2D eigenvalue weighted by atomic mass is 35.5. The first-order chi connectivity index (χ1) is 17.3. The number of nitrogens with one attached hydrogen (secondary N) is 3. The molecule has 0 saturated carbocycles. The molecule has 6 N–H and O–H groups in total. The Morgan fingerprint density at radius 3 is 2.67 bits per heavy atom. The lowest BCUT2D eigenvalue weighted by Gasteiger charge is -2.23. The Balaban J connectivity index is 1.44. The number of carboxylic acids is 1. The van der Waals surface area contributed by atoms with E-state index in [9.17, 15) is 19.1 Å². The third kappa shape index (κ3) is 6.41. The van der Waals surface area contributed by atoms with E-state index in [1.165, 1.54) is 12.1 Å². The fourth-order valence-electron chi connectivity index (χ4n) is 4.14. The van der Waals surface area contributed by atoms with Gasteiger partial charge in [0.1, 0.15) is 17.9 Å². The molecular weight excluding hydrogens is 487 g/mol. The Bertz CT molecular complexity index is 1210. The van der Waals surface area contributed by atoms with Crippen molar-refractivity contribution >= 4 is 23.5 Å². The number of halogens is 2. The summed E-state index contributed by atoms with van der Waals surface area (Å²) in [5.74, 6) is -1.82. The number of hydrogen-bond donors (Lipinski definition) is 5. The summed E-state index contributed by atoms with van der Waals surface area (Å²) in [5.41, 5.74) is 14.4. The summed E-state index contributed by atoms with van der Waals surface area (Å²) < 4.78 is 14.2. The first-order valence-corrected chi connectivity index (χ1v) is 11.8. The average molecular weight is 513 g/mol. The van der Waals surface area contributed by atoms with Crippen LogP contribution >= 0.6 is 11.6 Å². The van der Waals surface area contributed by atoms with Gasteiger partial charge in [-0.15, -0.1) is 0 Å². The van der Waals surface area contributed by atoms with E-state index in [4.69, 9.17) is 17.3 Å². The minimum Gasteiger partial charge on any atom is -0.480 e. The van der Waals surface area contributed by atoms with Crippen LogP contribution in [0.15, 0.2) is 61.1 Å². The molecule has 3 aromatic rings. The number of carbonyl (C=O) groups excluding carboxylic acids is 1. The molecule has 4 atom stereocenters. The van der Waals surface area contributed by atoms with Crippen molar-refractivity contribution in [3.8, 4) is 11.1 Å². The Hall–Kier alpha value is -3.44. The second-order valence-electron chi connectivity index (χ2n) is 8.67. The third-order valence-electron chi connectivity index (χ3n) is 6.04. The fraction of sp³-hybridized carbons (Fsp3) is 0.280. The Labute approximate surface area is 212 Å². The summed E-state index contributed by atoms with van der Waals surface area (Å²) in [4.78, 5) is 32.7. The monoisotopic (exact) mass is 512 g/mol. The molecule has 2 aromatic carbocycles. The number of hydrazine groups is 1. The van der Waals surface area contributed by atoms with Crippen molar-refractivity contribution in [3.05, 3.63) is 83.2 Å². The first-order valence-electron chi connectivity index (χ1n) is 11.4. The standard InChI is InChI=1S/C25H26ClFN6O3/c26-16-5-6-19(27)18(10-16)15-3-1-14(2-4-15)9-17(11-20(28)25(35)36)31-24(34)22-12-21(32-33-22)23-13-29-7-8-30-23/h1-8,10,13,17,20-22,32-33H,9,11-12,28H2,(H,31,34)(H,35,36)/t17-,20-,21?,22?/m1/s1. The van der Waals surface area contributed by atoms with Gasteiger partial charge < -0.3 is 16.2 Å². The maximum absolute atomic E-state index is 14.2. The largest absolute Gasteiger partial charge is 0.480 e. The van der Waals surface area contributed by atoms with Crippen molar-refractivity contribution < 1.29 is 19.1 Å². The molecule has 1 fully saturated rings. The van der Waals surface area contributed by atoms with Gasteiger partial charge in [0.05, 0.1) is 17.9 Å². The molecule has 188 valence electrons. The molecule has 0 bridgehead atoms. The molecule has 4 rings (SSSR count). The van der Waals surface area contributed by atoms with Crippen LogP contribution < -0.4 is 21.9 Å². The Morgan fingerprint density at radius 1 is 1.19 bits per heavy atom. The normalized spacial score (nSPS) is 19.0. The van der Waals surface area contributed by atoms with Gasteiger partial charge in [0.2, 0.25) is 5.91 Å². The molecule has 1 amide bonds. The van der Waals surface area contributed by atoms with Gasteiger partial charge in [-0.25, -0.2) is 15.2 Å². The predicted octanol–water partition coefficient (Wildman–Crippen LogP) is 2.37. The molecular formula is C25H26ClFN6O3. The van der Waals surface area contributed by atoms with Gasteiger partial charge in [0.15, 0.2) is 0 Å². The van der Waals surface area contributed by atoms with Gasteiger partial charge >= 0.3 is 5.97 Å². The second-order valence-corrected chi connectivity index (χ2v) is 9.11. The van der Waals surface area contributed by atoms with Crippen LogP contribution in [-0.4, -0.2) is 45.1 Å². The SMILES string of the molecule is N[C@H](C[C@@H](Cc1ccc(-c2cc(Cl)ccc2F)cc1)NC(=O)C1CC(c2cnccn2)NN1)C(=O)O. The maximum atomic E-state index is 14.2. The Kier molecular flexibility index (Phi) is 8.21. The van der Waals surface area contributed by atoms with Crippen LogP contribution in [0.25, 0.3) is 11.1 Å². The Morgan fingerprint density at radius 2 is 1.97 bits per heavy atom. The third-order valence-corrected chi connectivity index (χ3v) is 6.27. The number of aliphatic carboxylic acids is 1. The molecule has 0 spiro atoms. The van der Waals surface area contributed by atoms with Crippen LogP contribution in [0, 0.1) is 5.82 Å². The molecule has 36 heavy (non-hydrogen) atoms. The van der Waals surface area contributed by atoms with Crippen LogP contribution in [0.1, 0.15) is 30.1 Å². The van der Waals surface area contributed by atoms with Crippen molar-refractivity contribution in [3.63, 3.8) is 0 Å². The van der Waals surface area contributed by atoms with Crippen molar-refractivity contribution in [1.29, 1.82) is 0 Å². The number of nitrogens with two attached hydrogens (primary N) is 1. The number of carbonyl (C=O) groups is 2. The second kappa shape index (κ2) is 11.5. The molecule has 2 heterocycles. The van der Waals surface area contributed by atoms with E-state index in [1.54, 1.807) is 48.9 Å². The van der Waals surface area contributed by atoms with Crippen molar-refractivity contribution in [2.45, 2.75) is 43.4 Å². The van der Waals surface area contributed by atoms with Gasteiger partial charge in [0.25, 0.3) is 0 Å². The number of amides is 1. The van der Waals surface area contributed by atoms with E-state index in [-0.39, 0.29) is 24.2 Å². The molecule has 1 saturated heterocycles. The number of nitrogens with zero attached hydrogens (tertiary/aromatic N) is 2. The van der Waals surface area contributed by atoms with Gasteiger partial charge in [-0.1, -0.05) is 35.9 Å². The van der Waals surface area contributed by atoms with Crippen molar-refractivity contribution in [1.82, 2.24) is 26.1 Å². The molecule has 1 aliphatic rings. The molecule has 0 aliphatic carbocycles. The lowest BCUT2D eigenvalue weighted by atomic mass is 9.96. The van der Waals surface area contributed by atoms with Crippen LogP contribution in [0.3, 0.4) is 0 Å². The smallest absolute Gasteiger partial charge is 0.320 e. The molecule has 11 heteroatoms. The van der Waals surface area contributed by atoms with E-state index >= 15 is 0 Å². The lowest BCUT2D eigenvalue weighted by Crippen LogP contribution is -2.49. The van der Waals surface area contributed by atoms with Crippen molar-refractivity contribution in [2.75, 3.05) is 0 Å². The summed E-state index contributed by atoms with van der Waals surface area (Å²) in [6.45, 7) is 0. The van der Waals surface area contributed by atoms with Gasteiger partial charge in [-0.2, -0.15) is 0 Å². The van der Waals surface area contributed by atoms with Crippen LogP contribution in [0.5, 0.6) is 0 Å². The van der Waals surface area contributed by atoms with Gasteiger partial charge in [-0.05, 0) is 48.6 Å². The van der Waals surface area contributed by atoms with Crippen LogP contribution in [0.4, 0.5) is 4.39 Å². The number of carboxylic acid groups (broad SMARTS) is 1. The minimum atomic E-state index is -1.15. The minimum absolute atomic E-state index is 0.0412. The predicted molar refractivity (Wildman–Crippen MR) is 132 cm³/mol. The highest BCUT2D eigenvalue weighted by Gasteiger charge is 2.32. The topological polar surface area (TPSA) is 142 Å². The number of benzene rings is 2. The van der Waals surface area contributed by atoms with Crippen LogP contribution in [0.2, 0.25) is 5.02 Å². The van der Waals surface area contributed by atoms with Gasteiger partial charge in [0, 0.05) is 29.0 Å². The quantitative estimate of drug-likeness (QED) is 0.294. The lowest BCUT2D eigenvalue weighted by molar-refractivity contribution is -0.139. The fourth-order valence-corrected chi connectivity index (χ4v) is 4.31. The molecule has 0 radical (unpaired) electrons. The van der Waals surface area contributed by atoms with E-state index < -0.39 is 24.1 Å².